The maximum absolute atomic E-state index is 12.0. The van der Waals surface area contributed by atoms with Crippen LogP contribution in [0.1, 0.15) is 18.4 Å². The molecule has 0 N–H and O–H groups in total. The van der Waals surface area contributed by atoms with E-state index in [1.54, 1.807) is 31.4 Å². The summed E-state index contributed by atoms with van der Waals surface area (Å²) in [4.78, 5) is 0.210. The summed E-state index contributed by atoms with van der Waals surface area (Å²) < 4.78 is 34.1. The molecule has 4 nitrogen and oxygen atoms in total. The Morgan fingerprint density at radius 3 is 2.28 bits per heavy atom. The van der Waals surface area contributed by atoms with Crippen LogP contribution >= 0.6 is 0 Å². The summed E-state index contributed by atoms with van der Waals surface area (Å²) in [6.45, 7) is 2.67. The van der Waals surface area contributed by atoms with E-state index < -0.39 is 10.1 Å². The molecule has 1 aliphatic carbocycles. The molecule has 1 aliphatic rings. The van der Waals surface area contributed by atoms with Crippen LogP contribution in [0.25, 0.3) is 0 Å². The Bertz CT molecular complexity index is 500. The van der Waals surface area contributed by atoms with Gasteiger partial charge in [0.05, 0.1) is 18.1 Å². The fourth-order valence-corrected chi connectivity index (χ4v) is 2.80. The second-order valence-corrected chi connectivity index (χ2v) is 6.58. The van der Waals surface area contributed by atoms with Gasteiger partial charge in [0.15, 0.2) is 0 Å². The van der Waals surface area contributed by atoms with Gasteiger partial charge < -0.3 is 4.74 Å². The van der Waals surface area contributed by atoms with Crippen molar-refractivity contribution in [3.8, 4) is 0 Å². The molecule has 0 heterocycles. The Balaban J connectivity index is 2.02. The van der Waals surface area contributed by atoms with Gasteiger partial charge in [-0.15, -0.1) is 0 Å². The van der Waals surface area contributed by atoms with E-state index in [1.807, 2.05) is 6.92 Å². The van der Waals surface area contributed by atoms with E-state index in [2.05, 4.69) is 0 Å². The molecular formula is C13H18O4S. The third-order valence-electron chi connectivity index (χ3n) is 3.24. The lowest BCUT2D eigenvalue weighted by Crippen LogP contribution is -2.19. The molecule has 0 spiro atoms. The van der Waals surface area contributed by atoms with Crippen molar-refractivity contribution >= 4 is 10.1 Å². The molecule has 0 bridgehead atoms. The van der Waals surface area contributed by atoms with Gasteiger partial charge in [0.1, 0.15) is 0 Å². The highest BCUT2D eigenvalue weighted by atomic mass is 32.2. The van der Waals surface area contributed by atoms with Crippen molar-refractivity contribution < 1.29 is 17.3 Å². The average Bonchev–Trinajstić information content (AvgIpc) is 3.08. The zero-order chi connectivity index (χ0) is 13.2. The standard InChI is InChI=1S/C13H18O4S/c1-11-3-5-12(6-4-11)18(14,15)17-10-13(7-8-13)9-16-2/h3-6H,7-10H2,1-2H3. The van der Waals surface area contributed by atoms with Crippen LogP contribution in [0.4, 0.5) is 0 Å². The Morgan fingerprint density at radius 1 is 1.17 bits per heavy atom. The summed E-state index contributed by atoms with van der Waals surface area (Å²) in [6.07, 6.45) is 1.93. The van der Waals surface area contributed by atoms with Crippen molar-refractivity contribution in [2.45, 2.75) is 24.7 Å². The fraction of sp³-hybridized carbons (Fsp3) is 0.538. The average molecular weight is 270 g/mol. The fourth-order valence-electron chi connectivity index (χ4n) is 1.79. The molecule has 0 aliphatic heterocycles. The zero-order valence-electron chi connectivity index (χ0n) is 10.7. The van der Waals surface area contributed by atoms with Crippen molar-refractivity contribution in [3.63, 3.8) is 0 Å². The number of rotatable bonds is 6. The van der Waals surface area contributed by atoms with Gasteiger partial charge in [0.2, 0.25) is 0 Å². The first kappa shape index (κ1) is 13.5. The van der Waals surface area contributed by atoms with Crippen LogP contribution in [0.3, 0.4) is 0 Å². The Labute approximate surface area is 108 Å². The Kier molecular flexibility index (Phi) is 3.75. The summed E-state index contributed by atoms with van der Waals surface area (Å²) in [7, 11) is -2.02. The first-order chi connectivity index (χ1) is 8.47. The molecule has 18 heavy (non-hydrogen) atoms. The first-order valence-corrected chi connectivity index (χ1v) is 7.33. The minimum atomic E-state index is -3.64. The van der Waals surface area contributed by atoms with Crippen LogP contribution in [0.2, 0.25) is 0 Å². The Hall–Kier alpha value is -0.910. The first-order valence-electron chi connectivity index (χ1n) is 5.93. The largest absolute Gasteiger partial charge is 0.384 e. The molecule has 1 saturated carbocycles. The lowest BCUT2D eigenvalue weighted by molar-refractivity contribution is 0.107. The molecule has 1 aromatic carbocycles. The lowest BCUT2D eigenvalue weighted by Gasteiger charge is -2.14. The molecule has 0 radical (unpaired) electrons. The van der Waals surface area contributed by atoms with Crippen LogP contribution in [0, 0.1) is 12.3 Å². The van der Waals surface area contributed by atoms with E-state index in [-0.39, 0.29) is 16.9 Å². The molecule has 1 aromatic rings. The Morgan fingerprint density at radius 2 is 1.78 bits per heavy atom. The molecule has 0 aromatic heterocycles. The monoisotopic (exact) mass is 270 g/mol. The summed E-state index contributed by atoms with van der Waals surface area (Å²) in [6, 6.07) is 6.66. The number of hydrogen-bond acceptors (Lipinski definition) is 4. The van der Waals surface area contributed by atoms with Crippen LogP contribution < -0.4 is 0 Å². The summed E-state index contributed by atoms with van der Waals surface area (Å²) in [5.74, 6) is 0. The molecule has 100 valence electrons. The van der Waals surface area contributed by atoms with Crippen molar-refractivity contribution in [1.29, 1.82) is 0 Å². The van der Waals surface area contributed by atoms with Gasteiger partial charge in [-0.3, -0.25) is 4.18 Å². The van der Waals surface area contributed by atoms with E-state index in [1.165, 1.54) is 0 Å². The topological polar surface area (TPSA) is 52.6 Å². The maximum atomic E-state index is 12.0. The van der Waals surface area contributed by atoms with Crippen molar-refractivity contribution in [3.05, 3.63) is 29.8 Å². The number of ether oxygens (including phenoxy) is 1. The SMILES string of the molecule is COCC1(COS(=O)(=O)c2ccc(C)cc2)CC1. The van der Waals surface area contributed by atoms with E-state index in [0.717, 1.165) is 18.4 Å². The molecule has 0 atom stereocenters. The highest BCUT2D eigenvalue weighted by molar-refractivity contribution is 7.86. The number of hydrogen-bond donors (Lipinski definition) is 0. The predicted molar refractivity (Wildman–Crippen MR) is 67.9 cm³/mol. The highest BCUT2D eigenvalue weighted by Gasteiger charge is 2.44. The lowest BCUT2D eigenvalue weighted by atomic mass is 10.1. The van der Waals surface area contributed by atoms with Gasteiger partial charge in [0, 0.05) is 12.5 Å². The minimum absolute atomic E-state index is 0.0908. The van der Waals surface area contributed by atoms with E-state index >= 15 is 0 Å². The van der Waals surface area contributed by atoms with Crippen molar-refractivity contribution in [2.75, 3.05) is 20.3 Å². The summed E-state index contributed by atoms with van der Waals surface area (Å²) in [5, 5.41) is 0. The van der Waals surface area contributed by atoms with Crippen LogP contribution in [-0.4, -0.2) is 28.7 Å². The van der Waals surface area contributed by atoms with Crippen LogP contribution in [0.15, 0.2) is 29.2 Å². The van der Waals surface area contributed by atoms with Gasteiger partial charge in [0.25, 0.3) is 10.1 Å². The molecule has 0 amide bonds. The van der Waals surface area contributed by atoms with E-state index in [9.17, 15) is 8.42 Å². The second-order valence-electron chi connectivity index (χ2n) is 4.96. The zero-order valence-corrected chi connectivity index (χ0v) is 11.5. The van der Waals surface area contributed by atoms with Gasteiger partial charge in [-0.1, -0.05) is 17.7 Å². The summed E-state index contributed by atoms with van der Waals surface area (Å²) in [5.41, 5.74) is 0.930. The van der Waals surface area contributed by atoms with E-state index in [0.29, 0.717) is 6.61 Å². The molecular weight excluding hydrogens is 252 g/mol. The smallest absolute Gasteiger partial charge is 0.296 e. The van der Waals surface area contributed by atoms with Gasteiger partial charge in [-0.25, -0.2) is 0 Å². The third-order valence-corrected chi connectivity index (χ3v) is 4.52. The highest BCUT2D eigenvalue weighted by Crippen LogP contribution is 2.46. The normalized spacial score (nSPS) is 17.7. The third kappa shape index (κ3) is 3.10. The quantitative estimate of drug-likeness (QED) is 0.743. The molecule has 2 rings (SSSR count). The predicted octanol–water partition coefficient (Wildman–Crippen LogP) is 2.13. The van der Waals surface area contributed by atoms with Crippen molar-refractivity contribution in [2.24, 2.45) is 5.41 Å². The van der Waals surface area contributed by atoms with Gasteiger partial charge in [-0.2, -0.15) is 8.42 Å². The molecule has 0 unspecified atom stereocenters. The number of benzene rings is 1. The second kappa shape index (κ2) is 4.99. The summed E-state index contributed by atoms with van der Waals surface area (Å²) >= 11 is 0. The van der Waals surface area contributed by atoms with Crippen LogP contribution in [0.5, 0.6) is 0 Å². The molecule has 5 heteroatoms. The van der Waals surface area contributed by atoms with Crippen LogP contribution in [-0.2, 0) is 19.0 Å². The van der Waals surface area contributed by atoms with Gasteiger partial charge in [-0.05, 0) is 31.9 Å². The maximum Gasteiger partial charge on any atom is 0.296 e. The minimum Gasteiger partial charge on any atom is -0.384 e. The molecule has 1 fully saturated rings. The van der Waals surface area contributed by atoms with E-state index in [4.69, 9.17) is 8.92 Å². The van der Waals surface area contributed by atoms with Crippen molar-refractivity contribution in [1.82, 2.24) is 0 Å². The number of aryl methyl sites for hydroxylation is 1. The number of methoxy groups -OCH3 is 1. The van der Waals surface area contributed by atoms with Gasteiger partial charge >= 0.3 is 0 Å². The molecule has 0 saturated heterocycles.